The fraction of sp³-hybridized carbons (Fsp3) is 0.636. The molecule has 2 aliphatic rings. The van der Waals surface area contributed by atoms with Gasteiger partial charge in [-0.05, 0) is 30.7 Å². The third-order valence-electron chi connectivity index (χ3n) is 3.23. The van der Waals surface area contributed by atoms with Crippen LogP contribution in [0.2, 0.25) is 0 Å². The molecule has 0 saturated heterocycles. The van der Waals surface area contributed by atoms with Gasteiger partial charge in [-0.25, -0.2) is 4.79 Å². The first-order chi connectivity index (χ1) is 8.20. The van der Waals surface area contributed by atoms with Crippen LogP contribution in [-0.2, 0) is 24.3 Å². The summed E-state index contributed by atoms with van der Waals surface area (Å²) in [5, 5.41) is 14.5. The van der Waals surface area contributed by atoms with Gasteiger partial charge in [-0.15, -0.1) is 5.06 Å². The number of carbonyl (C=O) groups is 1. The van der Waals surface area contributed by atoms with Crippen molar-refractivity contribution in [3.8, 4) is 0 Å². The monoisotopic (exact) mass is 237 g/mol. The Morgan fingerprint density at radius 3 is 3.12 bits per heavy atom. The molecule has 0 aromatic carbocycles. The molecule has 92 valence electrons. The van der Waals surface area contributed by atoms with Crippen molar-refractivity contribution in [3.63, 3.8) is 0 Å². The van der Waals surface area contributed by atoms with Crippen molar-refractivity contribution in [1.29, 1.82) is 0 Å². The maximum Gasteiger partial charge on any atom is 0.525 e. The van der Waals surface area contributed by atoms with E-state index in [1.807, 2.05) is 4.68 Å². The number of hydrogen-bond donors (Lipinski definition) is 1. The molecule has 0 bridgehead atoms. The van der Waals surface area contributed by atoms with E-state index in [1.54, 1.807) is 0 Å². The number of aromatic nitrogens is 2. The minimum absolute atomic E-state index is 0.458. The molecule has 1 aromatic heterocycles. The van der Waals surface area contributed by atoms with Gasteiger partial charge in [0.2, 0.25) is 0 Å². The van der Waals surface area contributed by atoms with Crippen molar-refractivity contribution in [2.75, 3.05) is 6.54 Å². The molecule has 0 atom stereocenters. The molecule has 6 nitrogen and oxygen atoms in total. The summed E-state index contributed by atoms with van der Waals surface area (Å²) in [4.78, 5) is 15.1. The van der Waals surface area contributed by atoms with Crippen molar-refractivity contribution < 1.29 is 14.7 Å². The molecule has 1 fully saturated rings. The van der Waals surface area contributed by atoms with Crippen LogP contribution in [0, 0.1) is 5.92 Å². The predicted octanol–water partition coefficient (Wildman–Crippen LogP) is 1.26. The molecule has 17 heavy (non-hydrogen) atoms. The molecule has 1 aliphatic carbocycles. The Labute approximate surface area is 98.7 Å². The minimum Gasteiger partial charge on any atom is -0.448 e. The predicted molar refractivity (Wildman–Crippen MR) is 58.2 cm³/mol. The molecule has 0 amide bonds. The Kier molecular flexibility index (Phi) is 2.51. The van der Waals surface area contributed by atoms with Crippen LogP contribution in [0.1, 0.15) is 24.1 Å². The average Bonchev–Trinajstić information content (AvgIpc) is 2.95. The largest absolute Gasteiger partial charge is 0.525 e. The van der Waals surface area contributed by atoms with Crippen LogP contribution in [0.4, 0.5) is 4.79 Å². The zero-order chi connectivity index (χ0) is 11.8. The summed E-state index contributed by atoms with van der Waals surface area (Å²) in [6, 6.07) is 0. The van der Waals surface area contributed by atoms with Crippen LogP contribution in [0.25, 0.3) is 0 Å². The van der Waals surface area contributed by atoms with Gasteiger partial charge in [0.1, 0.15) is 0 Å². The van der Waals surface area contributed by atoms with Gasteiger partial charge >= 0.3 is 6.16 Å². The van der Waals surface area contributed by atoms with Crippen molar-refractivity contribution in [2.45, 2.75) is 32.4 Å². The second-order valence-corrected chi connectivity index (χ2v) is 4.74. The molecular formula is C11H15N3O3. The number of fused-ring (bicyclic) bond motifs is 1. The fourth-order valence-electron chi connectivity index (χ4n) is 2.18. The van der Waals surface area contributed by atoms with Crippen LogP contribution >= 0.6 is 0 Å². The number of nitrogens with zero attached hydrogens (tertiary/aromatic N) is 3. The van der Waals surface area contributed by atoms with E-state index < -0.39 is 6.16 Å². The summed E-state index contributed by atoms with van der Waals surface area (Å²) in [6.45, 7) is 2.06. The molecule has 2 heterocycles. The van der Waals surface area contributed by atoms with Gasteiger partial charge < -0.3 is 9.94 Å². The molecule has 3 rings (SSSR count). The highest BCUT2D eigenvalue weighted by molar-refractivity contribution is 5.56. The van der Waals surface area contributed by atoms with E-state index in [0.717, 1.165) is 24.6 Å². The molecule has 0 spiro atoms. The summed E-state index contributed by atoms with van der Waals surface area (Å²) >= 11 is 0. The van der Waals surface area contributed by atoms with Gasteiger partial charge in [0.15, 0.2) is 0 Å². The zero-order valence-electron chi connectivity index (χ0n) is 9.50. The van der Waals surface area contributed by atoms with Gasteiger partial charge in [0.05, 0.1) is 12.2 Å². The summed E-state index contributed by atoms with van der Waals surface area (Å²) < 4.78 is 1.99. The highest BCUT2D eigenvalue weighted by Gasteiger charge is 2.25. The minimum atomic E-state index is -1.26. The second-order valence-electron chi connectivity index (χ2n) is 4.74. The lowest BCUT2D eigenvalue weighted by atomic mass is 10.1. The lowest BCUT2D eigenvalue weighted by molar-refractivity contribution is -0.130. The van der Waals surface area contributed by atoms with Crippen LogP contribution in [0.15, 0.2) is 6.20 Å². The van der Waals surface area contributed by atoms with Gasteiger partial charge in [0, 0.05) is 19.3 Å². The lowest BCUT2D eigenvalue weighted by Crippen LogP contribution is -2.32. The Balaban J connectivity index is 1.68. The second kappa shape index (κ2) is 4.03. The van der Waals surface area contributed by atoms with E-state index in [2.05, 4.69) is 16.1 Å². The number of rotatable bonds is 3. The standard InChI is InChI=1S/C11H15N3O3/c15-11(16)17-14-4-3-9-6-13(5-8-1-2-8)12-10(9)7-14/h6,8H,1-5,7H2,(H,15,16). The summed E-state index contributed by atoms with van der Waals surface area (Å²) in [5.74, 6) is 0.794. The topological polar surface area (TPSA) is 67.6 Å². The first kappa shape index (κ1) is 10.6. The SMILES string of the molecule is O=C(O)ON1CCc2cn(CC3CC3)nc2C1. The van der Waals surface area contributed by atoms with Crippen molar-refractivity contribution in [3.05, 3.63) is 17.5 Å². The van der Waals surface area contributed by atoms with E-state index in [-0.39, 0.29) is 0 Å². The molecule has 0 radical (unpaired) electrons. The number of hydroxylamine groups is 2. The van der Waals surface area contributed by atoms with Crippen molar-refractivity contribution >= 4 is 6.16 Å². The Bertz CT molecular complexity index is 439. The van der Waals surface area contributed by atoms with E-state index in [0.29, 0.717) is 13.1 Å². The van der Waals surface area contributed by atoms with Crippen LogP contribution in [0.3, 0.4) is 0 Å². The van der Waals surface area contributed by atoms with Crippen LogP contribution in [0.5, 0.6) is 0 Å². The van der Waals surface area contributed by atoms with Gasteiger partial charge in [-0.3, -0.25) is 4.68 Å². The maximum absolute atomic E-state index is 10.4. The number of carboxylic acid groups (broad SMARTS) is 1. The summed E-state index contributed by atoms with van der Waals surface area (Å²) in [6.07, 6.45) is 4.24. The molecule has 1 aliphatic heterocycles. The lowest BCUT2D eigenvalue weighted by Gasteiger charge is -2.22. The average molecular weight is 237 g/mol. The van der Waals surface area contributed by atoms with Crippen LogP contribution < -0.4 is 0 Å². The summed E-state index contributed by atoms with van der Waals surface area (Å²) in [7, 11) is 0. The molecule has 0 unspecified atom stereocenters. The molecular weight excluding hydrogens is 222 g/mol. The molecule has 1 N–H and O–H groups in total. The first-order valence-corrected chi connectivity index (χ1v) is 5.92. The van der Waals surface area contributed by atoms with Gasteiger partial charge in [-0.2, -0.15) is 5.10 Å². The fourth-order valence-corrected chi connectivity index (χ4v) is 2.18. The Morgan fingerprint density at radius 1 is 1.59 bits per heavy atom. The highest BCUT2D eigenvalue weighted by Crippen LogP contribution is 2.31. The van der Waals surface area contributed by atoms with Gasteiger partial charge in [0.25, 0.3) is 0 Å². The molecule has 6 heteroatoms. The third kappa shape index (κ3) is 2.41. The molecule has 1 aromatic rings. The zero-order valence-corrected chi connectivity index (χ0v) is 9.50. The van der Waals surface area contributed by atoms with E-state index in [4.69, 9.17) is 5.11 Å². The Morgan fingerprint density at radius 2 is 2.41 bits per heavy atom. The van der Waals surface area contributed by atoms with Crippen molar-refractivity contribution in [1.82, 2.24) is 14.8 Å². The Hall–Kier alpha value is -1.56. The smallest absolute Gasteiger partial charge is 0.448 e. The number of hydrogen-bond acceptors (Lipinski definition) is 4. The first-order valence-electron chi connectivity index (χ1n) is 5.92. The normalized spacial score (nSPS) is 20.0. The van der Waals surface area contributed by atoms with E-state index in [1.165, 1.54) is 23.5 Å². The quantitative estimate of drug-likeness (QED) is 0.857. The third-order valence-corrected chi connectivity index (χ3v) is 3.23. The van der Waals surface area contributed by atoms with Crippen LogP contribution in [-0.4, -0.2) is 32.7 Å². The van der Waals surface area contributed by atoms with E-state index in [9.17, 15) is 4.79 Å². The van der Waals surface area contributed by atoms with E-state index >= 15 is 0 Å². The van der Waals surface area contributed by atoms with Crippen molar-refractivity contribution in [2.24, 2.45) is 5.92 Å². The van der Waals surface area contributed by atoms with Gasteiger partial charge in [-0.1, -0.05) is 0 Å². The highest BCUT2D eigenvalue weighted by atomic mass is 16.8. The summed E-state index contributed by atoms with van der Waals surface area (Å²) in [5.41, 5.74) is 2.16. The maximum atomic E-state index is 10.4. The molecule has 1 saturated carbocycles.